The molecule has 0 aliphatic carbocycles. The number of hydrogen-bond acceptors (Lipinski definition) is 11. The predicted octanol–water partition coefficient (Wildman–Crippen LogP) is 7.26. The second-order valence-electron chi connectivity index (χ2n) is 18.9. The molecule has 4 aromatic carbocycles. The molecule has 1 unspecified atom stereocenters. The molecule has 376 valence electrons. The third kappa shape index (κ3) is 13.0. The summed E-state index contributed by atoms with van der Waals surface area (Å²) in [7, 11) is 0. The number of thiazole rings is 1. The average Bonchev–Trinajstić information content (AvgIpc) is 3.91. The van der Waals surface area contributed by atoms with E-state index < -0.39 is 60.6 Å². The zero-order valence-electron chi connectivity index (χ0n) is 40.7. The highest BCUT2D eigenvalue weighted by Crippen LogP contribution is 2.41. The van der Waals surface area contributed by atoms with Gasteiger partial charge in [-0.05, 0) is 102 Å². The number of aromatic nitrogens is 1. The van der Waals surface area contributed by atoms with Crippen LogP contribution in [0.4, 0.5) is 15.8 Å². The number of carbonyl (C=O) groups is 5. The Morgan fingerprint density at radius 1 is 0.901 bits per heavy atom. The van der Waals surface area contributed by atoms with Crippen molar-refractivity contribution < 1.29 is 42.9 Å². The van der Waals surface area contributed by atoms with Gasteiger partial charge in [0.05, 0.1) is 48.5 Å². The number of aryl methyl sites for hydroxylation is 1. The molecule has 0 bridgehead atoms. The first-order chi connectivity index (χ1) is 33.9. The van der Waals surface area contributed by atoms with Gasteiger partial charge < -0.3 is 45.6 Å². The highest BCUT2D eigenvalue weighted by Gasteiger charge is 2.50. The third-order valence-electron chi connectivity index (χ3n) is 12.6. The maximum absolute atomic E-state index is 15.4. The summed E-state index contributed by atoms with van der Waals surface area (Å²) >= 11 is 7.65. The summed E-state index contributed by atoms with van der Waals surface area (Å²) in [5.41, 5.74) is 8.67. The van der Waals surface area contributed by atoms with E-state index in [0.717, 1.165) is 54.7 Å². The number of anilines is 2. The van der Waals surface area contributed by atoms with Gasteiger partial charge in [-0.1, -0.05) is 74.8 Å². The third-order valence-corrected chi connectivity index (χ3v) is 13.8. The first-order valence-corrected chi connectivity index (χ1v) is 24.8. The van der Waals surface area contributed by atoms with Crippen LogP contribution in [-0.2, 0) is 35.2 Å². The van der Waals surface area contributed by atoms with Gasteiger partial charge in [-0.25, -0.2) is 9.37 Å². The number of amides is 5. The Labute approximate surface area is 422 Å². The molecule has 1 fully saturated rings. The smallest absolute Gasteiger partial charge is 0.251 e. The molecule has 0 radical (unpaired) electrons. The Kier molecular flexibility index (Phi) is 17.3. The zero-order chi connectivity index (χ0) is 51.0. The summed E-state index contributed by atoms with van der Waals surface area (Å²) in [5.74, 6) is -2.38. The van der Waals surface area contributed by atoms with Crippen molar-refractivity contribution in [2.24, 2.45) is 5.41 Å². The van der Waals surface area contributed by atoms with Crippen LogP contribution in [0, 0.1) is 12.3 Å². The summed E-state index contributed by atoms with van der Waals surface area (Å²) in [4.78, 5) is 74.3. The maximum Gasteiger partial charge on any atom is 0.251 e. The SMILES string of the molecule is CC(=O)N1c2ccc(-c3ccc(C(=O)NCCOCCOCC(=O)NC(C(=O)N4C[C@H](O)[C@@H](F)[C@H]4C(=O)NCc4ccc(-c5scnc5C)cc4)C(C)(C)C)cc3)cc2[C@H](Nc2ccc(Cl)cc2)C[C@@H]1C. The van der Waals surface area contributed by atoms with Crippen LogP contribution in [0.2, 0.25) is 5.02 Å². The number of aliphatic hydroxyl groups excluding tert-OH is 1. The number of alkyl halides is 1. The van der Waals surface area contributed by atoms with E-state index in [-0.39, 0.29) is 56.8 Å². The lowest BCUT2D eigenvalue weighted by Crippen LogP contribution is -2.59. The van der Waals surface area contributed by atoms with E-state index in [2.05, 4.69) is 32.3 Å². The molecule has 5 amide bonds. The molecule has 1 aromatic heterocycles. The first kappa shape index (κ1) is 52.6. The lowest BCUT2D eigenvalue weighted by atomic mass is 9.85. The number of likely N-dealkylation sites (tertiary alicyclic amines) is 1. The lowest BCUT2D eigenvalue weighted by Gasteiger charge is -2.39. The van der Waals surface area contributed by atoms with Crippen molar-refractivity contribution in [1.82, 2.24) is 25.8 Å². The lowest BCUT2D eigenvalue weighted by molar-refractivity contribution is -0.145. The van der Waals surface area contributed by atoms with Crippen LogP contribution in [0.15, 0.2) is 96.5 Å². The Hall–Kier alpha value is -6.24. The molecule has 0 saturated carbocycles. The number of ether oxygens (including phenoxy) is 2. The van der Waals surface area contributed by atoms with Crippen LogP contribution in [0.1, 0.15) is 74.3 Å². The molecule has 18 heteroatoms. The van der Waals surface area contributed by atoms with Gasteiger partial charge in [-0.15, -0.1) is 11.3 Å². The number of nitrogens with zero attached hydrogens (tertiary/aromatic N) is 3. The summed E-state index contributed by atoms with van der Waals surface area (Å²) in [6.45, 7) is 10.5. The number of hydrogen-bond donors (Lipinski definition) is 5. The normalized spacial score (nSPS) is 19.1. The van der Waals surface area contributed by atoms with Gasteiger partial charge in [0.15, 0.2) is 6.17 Å². The fourth-order valence-electron chi connectivity index (χ4n) is 8.92. The van der Waals surface area contributed by atoms with Gasteiger partial charge in [-0.2, -0.15) is 0 Å². The molecule has 5 aromatic rings. The number of β-amino-alcohol motifs (C(OH)–C–C–N with tert-alkyl or cyclic N) is 1. The molecule has 6 atom stereocenters. The molecule has 5 N–H and O–H groups in total. The van der Waals surface area contributed by atoms with E-state index in [1.807, 2.05) is 91.5 Å². The summed E-state index contributed by atoms with van der Waals surface area (Å²) in [5, 5.41) is 23.0. The van der Waals surface area contributed by atoms with Crippen LogP contribution in [0.5, 0.6) is 0 Å². The molecule has 3 heterocycles. The number of rotatable bonds is 18. The Morgan fingerprint density at radius 3 is 2.24 bits per heavy atom. The van der Waals surface area contributed by atoms with Gasteiger partial charge in [-0.3, -0.25) is 24.0 Å². The van der Waals surface area contributed by atoms with Crippen LogP contribution in [0.3, 0.4) is 0 Å². The van der Waals surface area contributed by atoms with Crippen molar-refractivity contribution in [3.63, 3.8) is 0 Å². The maximum atomic E-state index is 15.4. The number of benzene rings is 4. The van der Waals surface area contributed by atoms with Crippen LogP contribution < -0.4 is 26.2 Å². The van der Waals surface area contributed by atoms with Gasteiger partial charge in [0.25, 0.3) is 5.91 Å². The standard InChI is InChI=1S/C53H61ClFN7O8S/c1-31-25-42(59-40-18-16-39(54)17-19-40)41-26-38(15-20-43(41)62(31)33(3)63)35-11-13-37(14-12-35)50(66)56-21-22-69-23-24-70-29-45(65)60-49(53(4,5)6)52(68)61-28-44(64)46(55)47(61)51(67)57-27-34-7-9-36(10-8-34)48-32(2)58-30-71-48/h7-20,26,30-31,42,44,46-47,49,59,64H,21-25,27-29H2,1-6H3,(H,56,66)(H,57,67)(H,60,65)/t31-,42+,44-,46+,47-,49?/m0/s1. The van der Waals surface area contributed by atoms with Crippen LogP contribution in [0.25, 0.3) is 21.6 Å². The number of aliphatic hydroxyl groups is 1. The molecule has 7 rings (SSSR count). The van der Waals surface area contributed by atoms with E-state index >= 15 is 4.39 Å². The Morgan fingerprint density at radius 2 is 1.58 bits per heavy atom. The van der Waals surface area contributed by atoms with Gasteiger partial charge in [0.2, 0.25) is 23.6 Å². The van der Waals surface area contributed by atoms with Gasteiger partial charge in [0, 0.05) is 48.0 Å². The van der Waals surface area contributed by atoms with E-state index in [1.54, 1.807) is 45.3 Å². The van der Waals surface area contributed by atoms with Crippen LogP contribution >= 0.6 is 22.9 Å². The number of halogens is 2. The minimum atomic E-state index is -2.03. The molecule has 1 saturated heterocycles. The van der Waals surface area contributed by atoms with Crippen molar-refractivity contribution in [2.45, 2.75) is 91.0 Å². The predicted molar refractivity (Wildman–Crippen MR) is 273 cm³/mol. The number of fused-ring (bicyclic) bond motifs is 1. The minimum absolute atomic E-state index is 0.00838. The van der Waals surface area contributed by atoms with Crippen LogP contribution in [-0.4, -0.2) is 114 Å². The van der Waals surface area contributed by atoms with E-state index in [0.29, 0.717) is 17.0 Å². The van der Waals surface area contributed by atoms with E-state index in [9.17, 15) is 29.1 Å². The summed E-state index contributed by atoms with van der Waals surface area (Å²) in [6, 6.07) is 25.5. The van der Waals surface area contributed by atoms with Crippen molar-refractivity contribution in [1.29, 1.82) is 0 Å². The Bertz CT molecular complexity index is 2680. The fourth-order valence-corrected chi connectivity index (χ4v) is 9.86. The second-order valence-corrected chi connectivity index (χ2v) is 20.2. The summed E-state index contributed by atoms with van der Waals surface area (Å²) in [6.07, 6.45) is -2.91. The molecule has 15 nitrogen and oxygen atoms in total. The number of carbonyl (C=O) groups excluding carboxylic acids is 5. The molecule has 71 heavy (non-hydrogen) atoms. The van der Waals surface area contributed by atoms with E-state index in [1.165, 1.54) is 11.3 Å². The first-order valence-electron chi connectivity index (χ1n) is 23.6. The van der Waals surface area contributed by atoms with E-state index in [4.69, 9.17) is 21.1 Å². The van der Waals surface area contributed by atoms with Crippen molar-refractivity contribution in [2.75, 3.05) is 49.7 Å². The quantitative estimate of drug-likeness (QED) is 0.0559. The molecular weight excluding hydrogens is 949 g/mol. The second kappa shape index (κ2) is 23.3. The monoisotopic (exact) mass is 1010 g/mol. The molecule has 2 aliphatic rings. The highest BCUT2D eigenvalue weighted by molar-refractivity contribution is 7.13. The van der Waals surface area contributed by atoms with Crippen molar-refractivity contribution in [3.05, 3.63) is 124 Å². The number of nitrogens with one attached hydrogen (secondary N) is 4. The highest BCUT2D eigenvalue weighted by atomic mass is 35.5. The average molecular weight is 1010 g/mol. The fraction of sp³-hybridized carbons (Fsp3) is 0.396. The minimum Gasteiger partial charge on any atom is -0.388 e. The molecule has 0 spiro atoms. The summed E-state index contributed by atoms with van der Waals surface area (Å²) < 4.78 is 26.5. The topological polar surface area (TPSA) is 192 Å². The van der Waals surface area contributed by atoms with Crippen molar-refractivity contribution >= 4 is 63.8 Å². The Balaban J connectivity index is 0.836. The molecule has 2 aliphatic heterocycles. The zero-order valence-corrected chi connectivity index (χ0v) is 42.2. The van der Waals surface area contributed by atoms with Gasteiger partial charge >= 0.3 is 0 Å². The van der Waals surface area contributed by atoms with Gasteiger partial charge in [0.1, 0.15) is 24.8 Å². The largest absolute Gasteiger partial charge is 0.388 e. The van der Waals surface area contributed by atoms with Crippen molar-refractivity contribution in [3.8, 4) is 21.6 Å². The molecular formula is C53H61ClFN7O8S.